The first-order valence-corrected chi connectivity index (χ1v) is 23.9. The molecular weight excluding hydrogens is 789 g/mol. The number of rotatable bonds is 16. The first kappa shape index (κ1) is 41.9. The maximum Gasteiger partial charge on any atom is 0.261 e. The van der Waals surface area contributed by atoms with E-state index in [1.807, 2.05) is 36.4 Å². The Morgan fingerprint density at radius 3 is 2.12 bits per heavy atom. The topological polar surface area (TPSA) is 128 Å². The lowest BCUT2D eigenvalue weighted by Gasteiger charge is -2.43. The third kappa shape index (κ3) is 8.05. The molecule has 2 aliphatic carbocycles. The molecule has 0 radical (unpaired) electrons. The highest BCUT2D eigenvalue weighted by molar-refractivity contribution is 7.99. The minimum Gasteiger partial charge on any atom is -0.497 e. The zero-order valence-corrected chi connectivity index (χ0v) is 37.1. The Balaban J connectivity index is 1.16. The summed E-state index contributed by atoms with van der Waals surface area (Å²) < 4.78 is 20.4. The molecule has 4 aromatic carbocycles. The van der Waals surface area contributed by atoms with E-state index in [0.717, 1.165) is 29.9 Å². The minimum absolute atomic E-state index is 0.133. The second kappa shape index (κ2) is 17.7. The van der Waals surface area contributed by atoms with Crippen LogP contribution >= 0.6 is 11.8 Å². The average molecular weight is 845 g/mol. The summed E-state index contributed by atoms with van der Waals surface area (Å²) in [6, 6.07) is 37.0. The van der Waals surface area contributed by atoms with Crippen LogP contribution in [0.4, 0.5) is 5.82 Å². The summed E-state index contributed by atoms with van der Waals surface area (Å²) in [6.07, 6.45) is 0.171. The number of hydrogen-bond donors (Lipinski definition) is 2. The van der Waals surface area contributed by atoms with Gasteiger partial charge in [-0.05, 0) is 52.4 Å². The van der Waals surface area contributed by atoms with Gasteiger partial charge in [0.2, 0.25) is 0 Å². The quantitative estimate of drug-likeness (QED) is 0.0586. The zero-order chi connectivity index (χ0) is 42.0. The number of nitrogens with zero attached hydrogens (tertiary/aromatic N) is 6. The number of aliphatic hydroxyl groups excluding tert-OH is 2. The Bertz CT molecular complexity index is 2330. The summed E-state index contributed by atoms with van der Waals surface area (Å²) in [6.45, 7) is 9.64. The molecule has 11 nitrogen and oxygen atoms in total. The van der Waals surface area contributed by atoms with E-state index in [4.69, 9.17) is 34.2 Å². The predicted octanol–water partition coefficient (Wildman–Crippen LogP) is 7.16. The molecular formula is C47H56N6O5SSi. The highest BCUT2D eigenvalue weighted by atomic mass is 32.2. The normalized spacial score (nSPS) is 21.6. The number of aliphatic hydroxyl groups is 2. The molecule has 8 rings (SSSR count). The number of anilines is 1. The Kier molecular flexibility index (Phi) is 12.3. The van der Waals surface area contributed by atoms with Crippen molar-refractivity contribution in [3.05, 3.63) is 120 Å². The van der Waals surface area contributed by atoms with Gasteiger partial charge in [0, 0.05) is 48.4 Å². The summed E-state index contributed by atoms with van der Waals surface area (Å²) in [7, 11) is 0.433. The smallest absolute Gasteiger partial charge is 0.261 e. The van der Waals surface area contributed by atoms with Gasteiger partial charge < -0.3 is 29.0 Å². The fourth-order valence-corrected chi connectivity index (χ4v) is 14.4. The molecule has 314 valence electrons. The number of ether oxygens (including phenoxy) is 2. The van der Waals surface area contributed by atoms with Crippen LogP contribution in [-0.4, -0.2) is 88.3 Å². The third-order valence-corrected chi connectivity index (χ3v) is 18.3. The number of benzene rings is 4. The molecule has 0 saturated heterocycles. The second-order valence-electron chi connectivity index (χ2n) is 17.0. The molecule has 2 N–H and O–H groups in total. The molecule has 0 bridgehead atoms. The van der Waals surface area contributed by atoms with Gasteiger partial charge in [0.1, 0.15) is 17.6 Å². The van der Waals surface area contributed by atoms with E-state index in [9.17, 15) is 10.2 Å². The lowest BCUT2D eigenvalue weighted by atomic mass is 10.1. The zero-order valence-electron chi connectivity index (χ0n) is 35.3. The van der Waals surface area contributed by atoms with E-state index >= 15 is 0 Å². The first-order chi connectivity index (χ1) is 29.1. The van der Waals surface area contributed by atoms with Crippen molar-refractivity contribution < 1.29 is 24.1 Å². The van der Waals surface area contributed by atoms with Gasteiger partial charge in [0.15, 0.2) is 22.1 Å². The molecule has 6 aromatic rings. The lowest BCUT2D eigenvalue weighted by molar-refractivity contribution is -0.00373. The molecule has 2 aromatic heterocycles. The average Bonchev–Trinajstić information content (AvgIpc) is 3.88. The van der Waals surface area contributed by atoms with Gasteiger partial charge in [-0.25, -0.2) is 14.6 Å². The fourth-order valence-electron chi connectivity index (χ4n) is 9.08. The molecule has 2 aliphatic rings. The summed E-state index contributed by atoms with van der Waals surface area (Å²) in [5, 5.41) is 35.8. The standard InChI is InChI=1S/C47H56N6O5SSi/c1-7-25-59-46-48-44(52(38-28-37(38)31-17-11-8-12-18-31)29-32-23-24-34(56-5)27-40(32)57-6)41-45(49-46)53(51-50-41)39-26-33(42(54)43(39)55)30-58-60(47(2,3)4,35-19-13-9-14-20-35)36-21-15-10-16-22-36/h8-24,27,33,37-39,42-43,54-55H,7,25-26,28-30H2,1-6H3/t33-,37?,38?,39-,42-,43+/m0/s1. The van der Waals surface area contributed by atoms with Crippen LogP contribution in [0.2, 0.25) is 5.04 Å². The van der Waals surface area contributed by atoms with Crippen LogP contribution in [0.3, 0.4) is 0 Å². The van der Waals surface area contributed by atoms with Crippen LogP contribution in [0.5, 0.6) is 11.5 Å². The van der Waals surface area contributed by atoms with Crippen molar-refractivity contribution in [1.82, 2.24) is 25.0 Å². The van der Waals surface area contributed by atoms with Crippen molar-refractivity contribution in [3.8, 4) is 11.5 Å². The molecule has 13 heteroatoms. The molecule has 0 spiro atoms. The van der Waals surface area contributed by atoms with Crippen molar-refractivity contribution in [3.63, 3.8) is 0 Å². The Hall–Kier alpha value is -4.79. The van der Waals surface area contributed by atoms with E-state index in [0.29, 0.717) is 46.8 Å². The number of fused-ring (bicyclic) bond motifs is 1. The number of aromatic nitrogens is 5. The van der Waals surface area contributed by atoms with Crippen LogP contribution in [0.1, 0.15) is 70.0 Å². The number of thioether (sulfide) groups is 1. The second-order valence-corrected chi connectivity index (χ2v) is 22.4. The van der Waals surface area contributed by atoms with Gasteiger partial charge in [-0.2, -0.15) is 0 Å². The number of methoxy groups -OCH3 is 2. The Morgan fingerprint density at radius 2 is 1.50 bits per heavy atom. The van der Waals surface area contributed by atoms with Gasteiger partial charge in [0.05, 0.1) is 26.4 Å². The molecule has 0 aliphatic heterocycles. The van der Waals surface area contributed by atoms with Crippen molar-refractivity contribution in [1.29, 1.82) is 0 Å². The molecule has 2 saturated carbocycles. The summed E-state index contributed by atoms with van der Waals surface area (Å²) in [4.78, 5) is 12.6. The maximum absolute atomic E-state index is 11.9. The van der Waals surface area contributed by atoms with Crippen LogP contribution in [0.25, 0.3) is 11.2 Å². The highest BCUT2D eigenvalue weighted by Gasteiger charge is 2.52. The van der Waals surface area contributed by atoms with Crippen molar-refractivity contribution in [2.75, 3.05) is 31.5 Å². The molecule has 6 atom stereocenters. The van der Waals surface area contributed by atoms with E-state index in [2.05, 4.69) is 105 Å². The summed E-state index contributed by atoms with van der Waals surface area (Å²) in [5.41, 5.74) is 3.35. The molecule has 60 heavy (non-hydrogen) atoms. The fraction of sp³-hybridized carbons (Fsp3) is 0.404. The monoisotopic (exact) mass is 844 g/mol. The van der Waals surface area contributed by atoms with Crippen LogP contribution in [0.15, 0.2) is 114 Å². The SMILES string of the molecule is CCCSc1nc(N(Cc2ccc(OC)cc2OC)C2CC2c2ccccc2)c2nnn([C@H]3C[C@@H](CO[Si](c4ccccc4)(c4ccccc4)C(C)(C)C)[C@H](O)[C@@H]3O)c2n1. The molecule has 2 unspecified atom stereocenters. The molecule has 2 fully saturated rings. The van der Waals surface area contributed by atoms with Crippen molar-refractivity contribution in [2.24, 2.45) is 5.92 Å². The number of hydrogen-bond acceptors (Lipinski definition) is 11. The highest BCUT2D eigenvalue weighted by Crippen LogP contribution is 2.48. The van der Waals surface area contributed by atoms with Gasteiger partial charge in [-0.15, -0.1) is 5.10 Å². The summed E-state index contributed by atoms with van der Waals surface area (Å²) in [5.74, 6) is 2.89. The molecule has 2 heterocycles. The van der Waals surface area contributed by atoms with Crippen molar-refractivity contribution >= 4 is 47.4 Å². The third-order valence-electron chi connectivity index (χ3n) is 12.2. The van der Waals surface area contributed by atoms with Gasteiger partial charge in [0.25, 0.3) is 8.32 Å². The van der Waals surface area contributed by atoms with Crippen LogP contribution < -0.4 is 24.7 Å². The Labute approximate surface area is 358 Å². The van der Waals surface area contributed by atoms with Gasteiger partial charge in [-0.1, -0.05) is 136 Å². The first-order valence-electron chi connectivity index (χ1n) is 21.0. The van der Waals surface area contributed by atoms with Crippen molar-refractivity contribution in [2.45, 2.75) is 93.9 Å². The van der Waals surface area contributed by atoms with E-state index in [1.54, 1.807) is 30.7 Å². The maximum atomic E-state index is 11.9. The largest absolute Gasteiger partial charge is 0.497 e. The summed E-state index contributed by atoms with van der Waals surface area (Å²) >= 11 is 1.59. The van der Waals surface area contributed by atoms with Crippen LogP contribution in [0, 0.1) is 5.92 Å². The van der Waals surface area contributed by atoms with E-state index < -0.39 is 26.6 Å². The van der Waals surface area contributed by atoms with Gasteiger partial charge in [-0.3, -0.25) is 0 Å². The van der Waals surface area contributed by atoms with Crippen LogP contribution in [-0.2, 0) is 11.0 Å². The predicted molar refractivity (Wildman–Crippen MR) is 240 cm³/mol. The minimum atomic E-state index is -2.89. The van der Waals surface area contributed by atoms with Gasteiger partial charge >= 0.3 is 0 Å². The van der Waals surface area contributed by atoms with E-state index in [-0.39, 0.29) is 23.6 Å². The van der Waals surface area contributed by atoms with E-state index in [1.165, 1.54) is 15.9 Å². The molecule has 0 amide bonds. The lowest BCUT2D eigenvalue weighted by Crippen LogP contribution is -2.67. The Morgan fingerprint density at radius 1 is 0.833 bits per heavy atom.